The zero-order chi connectivity index (χ0) is 23.5. The van der Waals surface area contributed by atoms with E-state index in [0.29, 0.717) is 16.9 Å². The number of carbonyl (C=O) groups excluding carboxylic acids is 1. The molecule has 2 aromatic heterocycles. The van der Waals surface area contributed by atoms with Crippen molar-refractivity contribution in [2.75, 3.05) is 17.7 Å². The lowest BCUT2D eigenvalue weighted by Crippen LogP contribution is -2.12. The van der Waals surface area contributed by atoms with Crippen LogP contribution in [0.15, 0.2) is 48.7 Å². The maximum Gasteiger partial charge on any atom is 0.434 e. The van der Waals surface area contributed by atoms with Crippen LogP contribution < -0.4 is 15.4 Å². The van der Waals surface area contributed by atoms with Gasteiger partial charge in [0.2, 0.25) is 5.95 Å². The van der Waals surface area contributed by atoms with Crippen molar-refractivity contribution in [1.82, 2.24) is 19.7 Å². The first kappa shape index (κ1) is 22.0. The molecule has 9 nitrogen and oxygen atoms in total. The Hall–Kier alpha value is -4.21. The first-order chi connectivity index (χ1) is 15.8. The van der Waals surface area contributed by atoms with Crippen molar-refractivity contribution in [3.8, 4) is 5.75 Å². The minimum atomic E-state index is -0.626. The molecule has 10 heteroatoms. The number of aromatic nitrogens is 4. The second-order valence-corrected chi connectivity index (χ2v) is 7.53. The van der Waals surface area contributed by atoms with E-state index in [1.165, 1.54) is 7.11 Å². The number of rotatable bonds is 6. The number of fused-ring (bicyclic) bond motifs is 1. The number of hydrogen-bond acceptors (Lipinski definition) is 8. The van der Waals surface area contributed by atoms with Crippen molar-refractivity contribution in [3.05, 3.63) is 60.2 Å². The zero-order valence-electron chi connectivity index (χ0n) is 18.6. The maximum absolute atomic E-state index is 14.4. The Bertz CT molecular complexity index is 1300. The van der Waals surface area contributed by atoms with Crippen molar-refractivity contribution in [2.45, 2.75) is 26.9 Å². The predicted molar refractivity (Wildman–Crippen MR) is 123 cm³/mol. The largest absolute Gasteiger partial charge is 0.491 e. The molecular weight excluding hydrogens is 427 g/mol. The second kappa shape index (κ2) is 9.11. The van der Waals surface area contributed by atoms with Crippen molar-refractivity contribution in [1.29, 1.82) is 0 Å². The summed E-state index contributed by atoms with van der Waals surface area (Å²) < 4.78 is 26.0. The van der Waals surface area contributed by atoms with Gasteiger partial charge in [-0.05, 0) is 63.2 Å². The highest BCUT2D eigenvalue weighted by Gasteiger charge is 2.15. The second-order valence-electron chi connectivity index (χ2n) is 7.53. The summed E-state index contributed by atoms with van der Waals surface area (Å²) in [6, 6.07) is 12.5. The summed E-state index contributed by atoms with van der Waals surface area (Å²) in [4.78, 5) is 20.3. The molecule has 0 fully saturated rings. The van der Waals surface area contributed by atoms with Gasteiger partial charge in [-0.1, -0.05) is 0 Å². The number of anilines is 4. The summed E-state index contributed by atoms with van der Waals surface area (Å²) in [6.45, 7) is 5.70. The molecule has 0 unspecified atom stereocenters. The van der Waals surface area contributed by atoms with Crippen LogP contribution in [0, 0.1) is 12.7 Å². The van der Waals surface area contributed by atoms with Crippen LogP contribution in [0.1, 0.15) is 19.5 Å². The van der Waals surface area contributed by atoms with Crippen LogP contribution in [0.25, 0.3) is 10.9 Å². The van der Waals surface area contributed by atoms with Crippen LogP contribution in [-0.4, -0.2) is 39.1 Å². The molecule has 0 radical (unpaired) electrons. The molecule has 0 aliphatic carbocycles. The number of aryl methyl sites for hydroxylation is 1. The summed E-state index contributed by atoms with van der Waals surface area (Å²) in [5, 5.41) is 11.0. The van der Waals surface area contributed by atoms with Gasteiger partial charge in [-0.2, -0.15) is 14.8 Å². The van der Waals surface area contributed by atoms with Gasteiger partial charge in [-0.3, -0.25) is 0 Å². The number of benzene rings is 2. The Kier molecular flexibility index (Phi) is 6.07. The highest BCUT2D eigenvalue weighted by Crippen LogP contribution is 2.26. The van der Waals surface area contributed by atoms with E-state index in [0.717, 1.165) is 27.7 Å². The van der Waals surface area contributed by atoms with E-state index >= 15 is 0 Å². The van der Waals surface area contributed by atoms with Gasteiger partial charge in [0.1, 0.15) is 5.75 Å². The van der Waals surface area contributed by atoms with Crippen LogP contribution >= 0.6 is 0 Å². The first-order valence-corrected chi connectivity index (χ1v) is 10.2. The lowest BCUT2D eigenvalue weighted by atomic mass is 10.2. The molecular formula is C23H23FN6O3. The maximum atomic E-state index is 14.4. The first-order valence-electron chi connectivity index (χ1n) is 10.2. The van der Waals surface area contributed by atoms with Gasteiger partial charge >= 0.3 is 6.09 Å². The van der Waals surface area contributed by atoms with E-state index in [2.05, 4.69) is 25.7 Å². The molecule has 2 heterocycles. The van der Waals surface area contributed by atoms with Crippen molar-refractivity contribution >= 4 is 40.1 Å². The number of carbonyl (C=O) groups is 1. The topological polar surface area (TPSA) is 103 Å². The van der Waals surface area contributed by atoms with Crippen LogP contribution in [-0.2, 0) is 4.74 Å². The molecule has 2 N–H and O–H groups in total. The van der Waals surface area contributed by atoms with Gasteiger partial charge in [-0.25, -0.2) is 14.2 Å². The van der Waals surface area contributed by atoms with Gasteiger partial charge in [0, 0.05) is 16.8 Å². The van der Waals surface area contributed by atoms with Crippen LogP contribution in [0.2, 0.25) is 0 Å². The fraction of sp³-hybridized carbons (Fsp3) is 0.217. The lowest BCUT2D eigenvalue weighted by molar-refractivity contribution is 0.170. The highest BCUT2D eigenvalue weighted by atomic mass is 19.1. The van der Waals surface area contributed by atoms with Gasteiger partial charge in [0.15, 0.2) is 11.6 Å². The third-order valence-corrected chi connectivity index (χ3v) is 4.70. The Morgan fingerprint density at radius 1 is 1.09 bits per heavy atom. The number of hydrogen-bond donors (Lipinski definition) is 2. The van der Waals surface area contributed by atoms with Gasteiger partial charge in [-0.15, -0.1) is 0 Å². The zero-order valence-corrected chi connectivity index (χ0v) is 18.6. The SMILES string of the molecule is COC(=O)n1nc(C)c2ccc(Nc3nc(Nc4ccc(OC(C)C)cc4)ncc3F)cc21. The van der Waals surface area contributed by atoms with E-state index in [1.807, 2.05) is 38.1 Å². The smallest absolute Gasteiger partial charge is 0.434 e. The molecule has 33 heavy (non-hydrogen) atoms. The number of methoxy groups -OCH3 is 1. The van der Waals surface area contributed by atoms with Crippen molar-refractivity contribution < 1.29 is 18.7 Å². The van der Waals surface area contributed by atoms with E-state index in [9.17, 15) is 9.18 Å². The highest BCUT2D eigenvalue weighted by molar-refractivity contribution is 5.92. The van der Waals surface area contributed by atoms with E-state index < -0.39 is 11.9 Å². The lowest BCUT2D eigenvalue weighted by Gasteiger charge is -2.12. The minimum Gasteiger partial charge on any atom is -0.491 e. The quantitative estimate of drug-likeness (QED) is 0.415. The molecule has 0 aliphatic heterocycles. The molecule has 0 spiro atoms. The van der Waals surface area contributed by atoms with Gasteiger partial charge < -0.3 is 20.1 Å². The molecule has 0 bridgehead atoms. The minimum absolute atomic E-state index is 0.0209. The molecule has 2 aromatic carbocycles. The monoisotopic (exact) mass is 450 g/mol. The van der Waals surface area contributed by atoms with Crippen LogP contribution in [0.4, 0.5) is 32.3 Å². The Morgan fingerprint density at radius 2 is 1.82 bits per heavy atom. The van der Waals surface area contributed by atoms with E-state index in [4.69, 9.17) is 9.47 Å². The number of ether oxygens (including phenoxy) is 2. The molecule has 4 aromatic rings. The average Bonchev–Trinajstić information content (AvgIpc) is 3.12. The molecule has 170 valence electrons. The summed E-state index contributed by atoms with van der Waals surface area (Å²) in [5.41, 5.74) is 2.45. The molecule has 4 rings (SSSR count). The molecule has 0 amide bonds. The Balaban J connectivity index is 1.57. The molecule has 0 atom stereocenters. The standard InChI is InChI=1S/C23H23FN6O3/c1-13(2)33-17-8-5-15(6-9-17)27-22-25-12-19(24)21(28-22)26-16-7-10-18-14(3)29-30(20(18)11-16)23(31)32-4/h5-13H,1-4H3,(H2,25,26,27,28). The normalized spacial score (nSPS) is 11.0. The third kappa shape index (κ3) is 4.84. The van der Waals surface area contributed by atoms with Gasteiger partial charge in [0.25, 0.3) is 0 Å². The Morgan fingerprint density at radius 3 is 2.52 bits per heavy atom. The number of nitrogens with zero attached hydrogens (tertiary/aromatic N) is 4. The Labute approximate surface area is 189 Å². The summed E-state index contributed by atoms with van der Waals surface area (Å²) in [6.07, 6.45) is 0.539. The number of halogens is 1. The third-order valence-electron chi connectivity index (χ3n) is 4.70. The molecule has 0 aliphatic rings. The average molecular weight is 450 g/mol. The summed E-state index contributed by atoms with van der Waals surface area (Å²) in [7, 11) is 1.28. The predicted octanol–water partition coefficient (Wildman–Crippen LogP) is 5.16. The van der Waals surface area contributed by atoms with Crippen molar-refractivity contribution in [2.24, 2.45) is 0 Å². The van der Waals surface area contributed by atoms with Crippen LogP contribution in [0.5, 0.6) is 5.75 Å². The van der Waals surface area contributed by atoms with Crippen LogP contribution in [0.3, 0.4) is 0 Å². The fourth-order valence-corrected chi connectivity index (χ4v) is 3.24. The fourth-order valence-electron chi connectivity index (χ4n) is 3.24. The van der Waals surface area contributed by atoms with Gasteiger partial charge in [0.05, 0.1) is 30.6 Å². The molecule has 0 saturated carbocycles. The van der Waals surface area contributed by atoms with Crippen molar-refractivity contribution in [3.63, 3.8) is 0 Å². The summed E-state index contributed by atoms with van der Waals surface area (Å²) in [5.74, 6) is 0.314. The number of nitrogens with one attached hydrogen (secondary N) is 2. The van der Waals surface area contributed by atoms with E-state index in [-0.39, 0.29) is 17.9 Å². The van der Waals surface area contributed by atoms with E-state index in [1.54, 1.807) is 25.1 Å². The molecule has 0 saturated heterocycles. The summed E-state index contributed by atoms with van der Waals surface area (Å²) >= 11 is 0.